The highest BCUT2D eigenvalue weighted by molar-refractivity contribution is 5.70. The molecule has 0 unspecified atom stereocenters. The van der Waals surface area contributed by atoms with Gasteiger partial charge in [-0.15, -0.1) is 0 Å². The molecule has 1 atom stereocenters. The number of pyridine rings is 1. The highest BCUT2D eigenvalue weighted by Crippen LogP contribution is 2.34. The third kappa shape index (κ3) is 3.58. The third-order valence-corrected chi connectivity index (χ3v) is 4.36. The highest BCUT2D eigenvalue weighted by Gasteiger charge is 2.27. The summed E-state index contributed by atoms with van der Waals surface area (Å²) in [6.45, 7) is 3.92. The van der Waals surface area contributed by atoms with Crippen molar-refractivity contribution in [2.75, 3.05) is 17.7 Å². The standard InChI is InChI=1S/C20H20N6/c1-13(2)26(3)20-17(12-23)18(16(11-22)19(24)25-20)15(10-21)9-14-7-5-4-6-8-14/h4-8,13,15H,9H2,1-3H3,(H2,24,25)/t15-/m0/s1. The molecule has 130 valence electrons. The second-order valence-electron chi connectivity index (χ2n) is 6.28. The zero-order valence-corrected chi connectivity index (χ0v) is 15.1. The van der Waals surface area contributed by atoms with Gasteiger partial charge in [-0.1, -0.05) is 30.3 Å². The lowest BCUT2D eigenvalue weighted by atomic mass is 9.87. The minimum Gasteiger partial charge on any atom is -0.383 e. The summed E-state index contributed by atoms with van der Waals surface area (Å²) >= 11 is 0. The summed E-state index contributed by atoms with van der Waals surface area (Å²) in [4.78, 5) is 6.09. The van der Waals surface area contributed by atoms with E-state index >= 15 is 0 Å². The van der Waals surface area contributed by atoms with Gasteiger partial charge < -0.3 is 10.6 Å². The van der Waals surface area contributed by atoms with E-state index in [9.17, 15) is 15.8 Å². The van der Waals surface area contributed by atoms with Crippen molar-refractivity contribution in [1.82, 2.24) is 4.98 Å². The summed E-state index contributed by atoms with van der Waals surface area (Å²) < 4.78 is 0. The average Bonchev–Trinajstić information content (AvgIpc) is 2.65. The smallest absolute Gasteiger partial charge is 0.149 e. The lowest BCUT2D eigenvalue weighted by molar-refractivity contribution is 0.739. The van der Waals surface area contributed by atoms with Crippen LogP contribution in [0.1, 0.15) is 42.0 Å². The number of rotatable bonds is 5. The number of anilines is 2. The van der Waals surface area contributed by atoms with Crippen molar-refractivity contribution in [2.24, 2.45) is 0 Å². The molecule has 0 fully saturated rings. The number of nitriles is 3. The minimum absolute atomic E-state index is 0.0392. The normalized spacial score (nSPS) is 11.3. The number of aromatic nitrogens is 1. The molecule has 0 amide bonds. The van der Waals surface area contributed by atoms with Gasteiger partial charge in [0.1, 0.15) is 34.9 Å². The van der Waals surface area contributed by atoms with Crippen LogP contribution in [0.25, 0.3) is 0 Å². The Morgan fingerprint density at radius 1 is 1.08 bits per heavy atom. The Labute approximate surface area is 153 Å². The molecule has 2 rings (SSSR count). The Morgan fingerprint density at radius 2 is 1.69 bits per heavy atom. The Bertz CT molecular complexity index is 913. The second-order valence-corrected chi connectivity index (χ2v) is 6.28. The number of hydrogen-bond acceptors (Lipinski definition) is 6. The van der Waals surface area contributed by atoms with Gasteiger partial charge in [0.25, 0.3) is 0 Å². The van der Waals surface area contributed by atoms with Crippen LogP contribution >= 0.6 is 0 Å². The summed E-state index contributed by atoms with van der Waals surface area (Å²) in [5, 5.41) is 29.1. The van der Waals surface area contributed by atoms with E-state index in [1.807, 2.05) is 62.2 Å². The first-order valence-electron chi connectivity index (χ1n) is 8.24. The van der Waals surface area contributed by atoms with Gasteiger partial charge in [0, 0.05) is 18.7 Å². The molecule has 0 radical (unpaired) electrons. The summed E-state index contributed by atoms with van der Waals surface area (Å²) in [5.41, 5.74) is 7.64. The first-order chi connectivity index (χ1) is 12.4. The molecule has 1 heterocycles. The van der Waals surface area contributed by atoms with Gasteiger partial charge >= 0.3 is 0 Å². The molecule has 0 aliphatic rings. The van der Waals surface area contributed by atoms with Crippen LogP contribution in [0.15, 0.2) is 30.3 Å². The van der Waals surface area contributed by atoms with E-state index in [0.717, 1.165) is 5.56 Å². The Kier molecular flexibility index (Phi) is 5.78. The van der Waals surface area contributed by atoms with E-state index in [1.54, 1.807) is 0 Å². The van der Waals surface area contributed by atoms with E-state index < -0.39 is 5.92 Å². The lowest BCUT2D eigenvalue weighted by Crippen LogP contribution is -2.28. The summed E-state index contributed by atoms with van der Waals surface area (Å²) in [6.07, 6.45) is 0.384. The average molecular weight is 344 g/mol. The van der Waals surface area contributed by atoms with Crippen LogP contribution < -0.4 is 10.6 Å². The molecular formula is C20H20N6. The number of nitrogens with two attached hydrogens (primary N) is 1. The monoisotopic (exact) mass is 344 g/mol. The van der Waals surface area contributed by atoms with Crippen molar-refractivity contribution < 1.29 is 0 Å². The van der Waals surface area contributed by atoms with Crippen molar-refractivity contribution in [3.05, 3.63) is 52.6 Å². The van der Waals surface area contributed by atoms with E-state index in [2.05, 4.69) is 17.1 Å². The molecule has 1 aromatic heterocycles. The number of benzene rings is 1. The molecule has 0 bridgehead atoms. The lowest BCUT2D eigenvalue weighted by Gasteiger charge is -2.26. The fourth-order valence-corrected chi connectivity index (χ4v) is 2.75. The summed E-state index contributed by atoms with van der Waals surface area (Å²) in [6, 6.07) is 16.0. The van der Waals surface area contributed by atoms with Crippen molar-refractivity contribution >= 4 is 11.6 Å². The molecular weight excluding hydrogens is 324 g/mol. The fraction of sp³-hybridized carbons (Fsp3) is 0.300. The molecule has 0 aliphatic heterocycles. The quantitative estimate of drug-likeness (QED) is 0.891. The Balaban J connectivity index is 2.70. The first-order valence-corrected chi connectivity index (χ1v) is 8.24. The van der Waals surface area contributed by atoms with Crippen LogP contribution in [0.2, 0.25) is 0 Å². The second kappa shape index (κ2) is 8.01. The van der Waals surface area contributed by atoms with Crippen molar-refractivity contribution in [2.45, 2.75) is 32.2 Å². The van der Waals surface area contributed by atoms with Crippen molar-refractivity contribution in [3.63, 3.8) is 0 Å². The van der Waals surface area contributed by atoms with Gasteiger partial charge in [0.2, 0.25) is 0 Å². The number of nitrogen functional groups attached to an aromatic ring is 1. The van der Waals surface area contributed by atoms with Gasteiger partial charge in [-0.3, -0.25) is 0 Å². The van der Waals surface area contributed by atoms with Gasteiger partial charge in [-0.05, 0) is 25.8 Å². The minimum atomic E-state index is -0.675. The predicted molar refractivity (Wildman–Crippen MR) is 100 cm³/mol. The van der Waals surface area contributed by atoms with Crippen LogP contribution in [-0.2, 0) is 6.42 Å². The SMILES string of the molecule is CC(C)N(C)c1nc(N)c(C#N)c([C@H](C#N)Cc2ccccc2)c1C#N. The van der Waals surface area contributed by atoms with Crippen molar-refractivity contribution in [3.8, 4) is 18.2 Å². The maximum absolute atomic E-state index is 9.77. The largest absolute Gasteiger partial charge is 0.383 e. The molecule has 2 aromatic rings. The van der Waals surface area contributed by atoms with E-state index in [4.69, 9.17) is 5.73 Å². The van der Waals surface area contributed by atoms with Crippen LogP contribution in [0, 0.1) is 34.0 Å². The first kappa shape index (κ1) is 18.8. The highest BCUT2D eigenvalue weighted by atomic mass is 15.2. The Morgan fingerprint density at radius 3 is 2.19 bits per heavy atom. The molecule has 0 saturated carbocycles. The molecule has 0 spiro atoms. The molecule has 6 nitrogen and oxygen atoms in total. The Hall–Kier alpha value is -3.56. The van der Waals surface area contributed by atoms with Gasteiger partial charge in [0.05, 0.1) is 12.0 Å². The summed E-state index contributed by atoms with van der Waals surface area (Å²) in [5.74, 6) is -0.245. The molecule has 2 N–H and O–H groups in total. The third-order valence-electron chi connectivity index (χ3n) is 4.36. The molecule has 0 aliphatic carbocycles. The van der Waals surface area contributed by atoms with Gasteiger partial charge in [0.15, 0.2) is 0 Å². The van der Waals surface area contributed by atoms with Crippen LogP contribution in [0.4, 0.5) is 11.6 Å². The van der Waals surface area contributed by atoms with Crippen LogP contribution in [-0.4, -0.2) is 18.1 Å². The molecule has 1 aromatic carbocycles. The maximum atomic E-state index is 9.77. The van der Waals surface area contributed by atoms with E-state index in [1.165, 1.54) is 0 Å². The summed E-state index contributed by atoms with van der Waals surface area (Å²) in [7, 11) is 1.81. The molecule has 6 heteroatoms. The molecule has 26 heavy (non-hydrogen) atoms. The van der Waals surface area contributed by atoms with E-state index in [0.29, 0.717) is 17.8 Å². The van der Waals surface area contributed by atoms with Crippen LogP contribution in [0.5, 0.6) is 0 Å². The van der Waals surface area contributed by atoms with Gasteiger partial charge in [-0.25, -0.2) is 4.98 Å². The van der Waals surface area contributed by atoms with Gasteiger partial charge in [-0.2, -0.15) is 15.8 Å². The number of nitrogens with zero attached hydrogens (tertiary/aromatic N) is 5. The zero-order chi connectivity index (χ0) is 19.3. The van der Waals surface area contributed by atoms with Crippen LogP contribution in [0.3, 0.4) is 0 Å². The maximum Gasteiger partial charge on any atom is 0.149 e. The zero-order valence-electron chi connectivity index (χ0n) is 15.1. The molecule has 0 saturated heterocycles. The number of hydrogen-bond donors (Lipinski definition) is 1. The fourth-order valence-electron chi connectivity index (χ4n) is 2.75. The van der Waals surface area contributed by atoms with Crippen molar-refractivity contribution in [1.29, 1.82) is 15.8 Å². The topological polar surface area (TPSA) is 114 Å². The predicted octanol–water partition coefficient (Wildman–Crippen LogP) is 3.10. The van der Waals surface area contributed by atoms with E-state index in [-0.39, 0.29) is 23.0 Å².